The first-order valence-electron chi connectivity index (χ1n) is 11.2. The van der Waals surface area contributed by atoms with Gasteiger partial charge >= 0.3 is 0 Å². The van der Waals surface area contributed by atoms with Crippen molar-refractivity contribution in [2.75, 3.05) is 45.9 Å². The number of ether oxygens (including phenoxy) is 1. The molecule has 1 saturated heterocycles. The molecule has 7 nitrogen and oxygen atoms in total. The first kappa shape index (κ1) is 22.3. The summed E-state index contributed by atoms with van der Waals surface area (Å²) in [5.74, 6) is 0.855. The molecule has 0 saturated carbocycles. The third-order valence-corrected chi connectivity index (χ3v) is 5.70. The zero-order valence-electron chi connectivity index (χ0n) is 18.5. The van der Waals surface area contributed by atoms with E-state index in [1.54, 1.807) is 6.07 Å². The molecule has 0 bridgehead atoms. The van der Waals surface area contributed by atoms with Gasteiger partial charge in [-0.15, -0.1) is 0 Å². The van der Waals surface area contributed by atoms with Gasteiger partial charge in [-0.2, -0.15) is 5.06 Å². The Morgan fingerprint density at radius 2 is 1.81 bits per heavy atom. The maximum absolute atomic E-state index is 12.8. The molecule has 0 aliphatic carbocycles. The number of phenolic OH excluding ortho intramolecular Hbond substituents is 1. The van der Waals surface area contributed by atoms with Crippen LogP contribution in [0.2, 0.25) is 0 Å². The molecule has 1 aliphatic rings. The number of fused-ring (bicyclic) bond motifs is 1. The summed E-state index contributed by atoms with van der Waals surface area (Å²) < 4.78 is 11.4. The SMILES string of the molecule is CCON1CCN(CCCCOc2ccc(-c3coc4cc(O)ccc4c3=O)cc2)CC1. The first-order valence-corrected chi connectivity index (χ1v) is 11.2. The number of piperazine rings is 1. The smallest absolute Gasteiger partial charge is 0.200 e. The van der Waals surface area contributed by atoms with Crippen molar-refractivity contribution in [3.63, 3.8) is 0 Å². The van der Waals surface area contributed by atoms with Crippen LogP contribution in [0.25, 0.3) is 22.1 Å². The number of unbranched alkanes of at least 4 members (excludes halogenated alkanes) is 1. The van der Waals surface area contributed by atoms with E-state index in [4.69, 9.17) is 14.0 Å². The Morgan fingerprint density at radius 1 is 1.03 bits per heavy atom. The second-order valence-corrected chi connectivity index (χ2v) is 7.93. The fraction of sp³-hybridized carbons (Fsp3) is 0.400. The number of aromatic hydroxyl groups is 1. The second kappa shape index (κ2) is 10.6. The van der Waals surface area contributed by atoms with E-state index < -0.39 is 0 Å². The molecule has 7 heteroatoms. The minimum atomic E-state index is -0.123. The Labute approximate surface area is 187 Å². The molecular weight excluding hydrogens is 408 g/mol. The molecule has 2 aromatic carbocycles. The molecule has 170 valence electrons. The summed E-state index contributed by atoms with van der Waals surface area (Å²) >= 11 is 0. The van der Waals surface area contributed by atoms with Crippen LogP contribution in [-0.4, -0.2) is 61.0 Å². The number of hydrogen-bond donors (Lipinski definition) is 1. The Bertz CT molecular complexity index is 1070. The van der Waals surface area contributed by atoms with Gasteiger partial charge in [-0.3, -0.25) is 9.63 Å². The highest BCUT2D eigenvalue weighted by atomic mass is 16.7. The lowest BCUT2D eigenvalue weighted by molar-refractivity contribution is -0.172. The first-order chi connectivity index (χ1) is 15.6. The highest BCUT2D eigenvalue weighted by Crippen LogP contribution is 2.24. The molecule has 1 aromatic heterocycles. The van der Waals surface area contributed by atoms with Gasteiger partial charge in [0, 0.05) is 32.2 Å². The third kappa shape index (κ3) is 5.48. The second-order valence-electron chi connectivity index (χ2n) is 7.93. The summed E-state index contributed by atoms with van der Waals surface area (Å²) in [7, 11) is 0. The fourth-order valence-corrected chi connectivity index (χ4v) is 3.94. The average molecular weight is 439 g/mol. The predicted octanol–water partition coefficient (Wildman–Crippen LogP) is 3.89. The lowest BCUT2D eigenvalue weighted by Gasteiger charge is -2.33. The van der Waals surface area contributed by atoms with Crippen molar-refractivity contribution >= 4 is 11.0 Å². The lowest BCUT2D eigenvalue weighted by atomic mass is 10.1. The maximum atomic E-state index is 12.8. The molecule has 1 aliphatic heterocycles. The molecule has 4 rings (SSSR count). The van der Waals surface area contributed by atoms with Crippen molar-refractivity contribution in [2.45, 2.75) is 19.8 Å². The molecule has 0 amide bonds. The van der Waals surface area contributed by atoms with E-state index in [9.17, 15) is 9.90 Å². The summed E-state index contributed by atoms with van der Waals surface area (Å²) in [6.45, 7) is 8.53. The van der Waals surface area contributed by atoms with Gasteiger partial charge in [0.2, 0.25) is 0 Å². The van der Waals surface area contributed by atoms with E-state index >= 15 is 0 Å². The molecular formula is C25H30N2O5. The molecule has 1 fully saturated rings. The lowest BCUT2D eigenvalue weighted by Crippen LogP contribution is -2.46. The van der Waals surface area contributed by atoms with Crippen LogP contribution < -0.4 is 10.2 Å². The minimum absolute atomic E-state index is 0.0686. The quantitative estimate of drug-likeness (QED) is 0.508. The summed E-state index contributed by atoms with van der Waals surface area (Å²) in [5.41, 5.74) is 1.50. The Kier molecular flexibility index (Phi) is 7.42. The summed E-state index contributed by atoms with van der Waals surface area (Å²) in [5, 5.41) is 12.0. The Balaban J connectivity index is 1.24. The normalized spacial score (nSPS) is 15.3. The number of hydroxylamine groups is 2. The monoisotopic (exact) mass is 438 g/mol. The largest absolute Gasteiger partial charge is 0.508 e. The standard InChI is InChI=1S/C25H30N2O5/c1-2-32-27-14-12-26(13-15-27)11-3-4-16-30-21-8-5-19(6-9-21)23-18-31-24-17-20(28)7-10-22(24)25(23)29/h5-10,17-18,28H,2-4,11-16H2,1H3. The number of hydrogen-bond acceptors (Lipinski definition) is 7. The Morgan fingerprint density at radius 3 is 2.56 bits per heavy atom. The fourth-order valence-electron chi connectivity index (χ4n) is 3.94. The summed E-state index contributed by atoms with van der Waals surface area (Å²) in [6.07, 6.45) is 3.53. The van der Waals surface area contributed by atoms with Crippen LogP contribution in [-0.2, 0) is 4.84 Å². The van der Waals surface area contributed by atoms with Crippen LogP contribution >= 0.6 is 0 Å². The van der Waals surface area contributed by atoms with Crippen LogP contribution in [0.5, 0.6) is 11.5 Å². The van der Waals surface area contributed by atoms with E-state index in [2.05, 4.69) is 9.96 Å². The van der Waals surface area contributed by atoms with Crippen molar-refractivity contribution in [1.82, 2.24) is 9.96 Å². The summed E-state index contributed by atoms with van der Waals surface area (Å²) in [6, 6.07) is 12.0. The van der Waals surface area contributed by atoms with Crippen LogP contribution in [0.4, 0.5) is 0 Å². The number of phenols is 1. The Hall–Kier alpha value is -2.87. The van der Waals surface area contributed by atoms with Gasteiger partial charge in [-0.05, 0) is 56.1 Å². The van der Waals surface area contributed by atoms with E-state index in [-0.39, 0.29) is 11.2 Å². The van der Waals surface area contributed by atoms with Crippen LogP contribution in [0, 0.1) is 0 Å². The van der Waals surface area contributed by atoms with Crippen molar-refractivity contribution < 1.29 is 19.1 Å². The highest BCUT2D eigenvalue weighted by Gasteiger charge is 2.16. The van der Waals surface area contributed by atoms with Crippen LogP contribution in [0.1, 0.15) is 19.8 Å². The zero-order valence-corrected chi connectivity index (χ0v) is 18.5. The van der Waals surface area contributed by atoms with E-state index in [0.29, 0.717) is 23.1 Å². The molecule has 32 heavy (non-hydrogen) atoms. The zero-order chi connectivity index (χ0) is 22.3. The van der Waals surface area contributed by atoms with Crippen molar-refractivity contribution in [2.24, 2.45) is 0 Å². The minimum Gasteiger partial charge on any atom is -0.508 e. The maximum Gasteiger partial charge on any atom is 0.200 e. The van der Waals surface area contributed by atoms with Gasteiger partial charge in [-0.25, -0.2) is 0 Å². The number of rotatable bonds is 9. The van der Waals surface area contributed by atoms with Crippen molar-refractivity contribution in [1.29, 1.82) is 0 Å². The van der Waals surface area contributed by atoms with Crippen LogP contribution in [0.15, 0.2) is 57.9 Å². The van der Waals surface area contributed by atoms with E-state index in [1.165, 1.54) is 18.4 Å². The highest BCUT2D eigenvalue weighted by molar-refractivity contribution is 5.82. The topological polar surface area (TPSA) is 75.4 Å². The van der Waals surface area contributed by atoms with Gasteiger partial charge < -0.3 is 19.2 Å². The molecule has 0 radical (unpaired) electrons. The van der Waals surface area contributed by atoms with Gasteiger partial charge in [0.1, 0.15) is 23.3 Å². The predicted molar refractivity (Wildman–Crippen MR) is 124 cm³/mol. The molecule has 0 unspecified atom stereocenters. The molecule has 0 spiro atoms. The van der Waals surface area contributed by atoms with Gasteiger partial charge in [0.25, 0.3) is 0 Å². The van der Waals surface area contributed by atoms with Crippen molar-refractivity contribution in [3.05, 3.63) is 59.0 Å². The van der Waals surface area contributed by atoms with E-state index in [0.717, 1.165) is 63.5 Å². The van der Waals surface area contributed by atoms with Crippen LogP contribution in [0.3, 0.4) is 0 Å². The molecule has 1 N–H and O–H groups in total. The third-order valence-electron chi connectivity index (χ3n) is 5.70. The average Bonchev–Trinajstić information content (AvgIpc) is 2.81. The summed E-state index contributed by atoms with van der Waals surface area (Å²) in [4.78, 5) is 20.8. The number of nitrogens with zero attached hydrogens (tertiary/aromatic N) is 2. The van der Waals surface area contributed by atoms with Gasteiger partial charge in [0.05, 0.1) is 24.2 Å². The van der Waals surface area contributed by atoms with E-state index in [1.807, 2.05) is 31.2 Å². The van der Waals surface area contributed by atoms with Gasteiger partial charge in [-0.1, -0.05) is 12.1 Å². The van der Waals surface area contributed by atoms with Crippen molar-refractivity contribution in [3.8, 4) is 22.6 Å². The molecule has 3 aromatic rings. The van der Waals surface area contributed by atoms with Gasteiger partial charge in [0.15, 0.2) is 5.43 Å². The molecule has 0 atom stereocenters. The molecule has 2 heterocycles. The number of benzene rings is 2.